The number of hydrogen-bond donors (Lipinski definition) is 0. The number of esters is 1. The second-order valence-electron chi connectivity index (χ2n) is 3.40. The molecule has 0 unspecified atom stereocenters. The largest absolute Gasteiger partial charge is 0.461 e. The standard InChI is InChI=1S/C12H22O2/c1-3-5-7-9-11-14-12(13)10-8-6-4-2/h7,9H,3-6,8,10-11H2,1-2H3/b9-7-. The van der Waals surface area contributed by atoms with E-state index in [1.165, 1.54) is 0 Å². The van der Waals surface area contributed by atoms with E-state index in [1.54, 1.807) is 0 Å². The van der Waals surface area contributed by atoms with Crippen LogP contribution >= 0.6 is 0 Å². The number of unbranched alkanes of at least 4 members (excludes halogenated alkanes) is 3. The van der Waals surface area contributed by atoms with Crippen molar-refractivity contribution in [3.05, 3.63) is 12.2 Å². The van der Waals surface area contributed by atoms with E-state index in [-0.39, 0.29) is 5.97 Å². The molecule has 0 radical (unpaired) electrons. The van der Waals surface area contributed by atoms with Crippen LogP contribution in [0.4, 0.5) is 0 Å². The van der Waals surface area contributed by atoms with Crippen molar-refractivity contribution < 1.29 is 9.53 Å². The Balaban J connectivity index is 3.26. The van der Waals surface area contributed by atoms with Gasteiger partial charge in [0.15, 0.2) is 0 Å². The van der Waals surface area contributed by atoms with Gasteiger partial charge in [-0.3, -0.25) is 4.79 Å². The molecule has 0 rings (SSSR count). The van der Waals surface area contributed by atoms with Crippen molar-refractivity contribution in [1.82, 2.24) is 0 Å². The Morgan fingerprint density at radius 3 is 2.57 bits per heavy atom. The van der Waals surface area contributed by atoms with Gasteiger partial charge in [0.25, 0.3) is 0 Å². The van der Waals surface area contributed by atoms with Crippen LogP contribution in [0.25, 0.3) is 0 Å². The van der Waals surface area contributed by atoms with Crippen molar-refractivity contribution in [2.45, 2.75) is 52.4 Å². The molecular formula is C12H22O2. The molecule has 0 saturated heterocycles. The van der Waals surface area contributed by atoms with Crippen LogP contribution in [0.15, 0.2) is 12.2 Å². The summed E-state index contributed by atoms with van der Waals surface area (Å²) in [5.74, 6) is -0.0698. The fraction of sp³-hybridized carbons (Fsp3) is 0.750. The second kappa shape index (κ2) is 10.3. The maximum atomic E-state index is 11.1. The maximum absolute atomic E-state index is 11.1. The molecule has 2 heteroatoms. The van der Waals surface area contributed by atoms with Crippen molar-refractivity contribution in [2.24, 2.45) is 0 Å². The fourth-order valence-electron chi connectivity index (χ4n) is 1.09. The van der Waals surface area contributed by atoms with Gasteiger partial charge in [0.05, 0.1) is 0 Å². The number of rotatable bonds is 8. The van der Waals surface area contributed by atoms with Crippen LogP contribution in [-0.2, 0) is 9.53 Å². The third kappa shape index (κ3) is 9.30. The zero-order valence-corrected chi connectivity index (χ0v) is 9.42. The summed E-state index contributed by atoms with van der Waals surface area (Å²) in [5, 5.41) is 0. The highest BCUT2D eigenvalue weighted by atomic mass is 16.5. The molecule has 0 amide bonds. The van der Waals surface area contributed by atoms with Gasteiger partial charge in [0, 0.05) is 6.42 Å². The molecule has 14 heavy (non-hydrogen) atoms. The van der Waals surface area contributed by atoms with E-state index >= 15 is 0 Å². The van der Waals surface area contributed by atoms with Crippen LogP contribution < -0.4 is 0 Å². The molecule has 0 spiro atoms. The average Bonchev–Trinajstić information content (AvgIpc) is 2.18. The Morgan fingerprint density at radius 1 is 1.14 bits per heavy atom. The lowest BCUT2D eigenvalue weighted by Gasteiger charge is -2.00. The molecule has 0 fully saturated rings. The van der Waals surface area contributed by atoms with Crippen LogP contribution in [0, 0.1) is 0 Å². The Morgan fingerprint density at radius 2 is 1.93 bits per heavy atom. The smallest absolute Gasteiger partial charge is 0.306 e. The fourth-order valence-corrected chi connectivity index (χ4v) is 1.09. The minimum Gasteiger partial charge on any atom is -0.461 e. The molecule has 0 N–H and O–H groups in total. The first-order valence-electron chi connectivity index (χ1n) is 5.61. The highest BCUT2D eigenvalue weighted by Crippen LogP contribution is 2.00. The van der Waals surface area contributed by atoms with E-state index in [0.717, 1.165) is 32.1 Å². The molecule has 0 atom stereocenters. The molecule has 0 aromatic heterocycles. The predicted octanol–water partition coefficient (Wildman–Crippen LogP) is 3.47. The minimum absolute atomic E-state index is 0.0698. The van der Waals surface area contributed by atoms with Crippen molar-refractivity contribution in [3.8, 4) is 0 Å². The van der Waals surface area contributed by atoms with E-state index in [2.05, 4.69) is 19.9 Å². The summed E-state index contributed by atoms with van der Waals surface area (Å²) in [5.41, 5.74) is 0. The molecular weight excluding hydrogens is 176 g/mol. The summed E-state index contributed by atoms with van der Waals surface area (Å²) in [6.07, 6.45) is 9.95. The number of allylic oxidation sites excluding steroid dienone is 1. The highest BCUT2D eigenvalue weighted by molar-refractivity contribution is 5.69. The van der Waals surface area contributed by atoms with Gasteiger partial charge in [-0.15, -0.1) is 0 Å². The van der Waals surface area contributed by atoms with E-state index in [9.17, 15) is 4.79 Å². The molecule has 0 bridgehead atoms. The third-order valence-corrected chi connectivity index (χ3v) is 1.95. The first-order chi connectivity index (χ1) is 6.81. The lowest BCUT2D eigenvalue weighted by molar-refractivity contribution is -0.142. The van der Waals surface area contributed by atoms with E-state index in [1.807, 2.05) is 6.08 Å². The lowest BCUT2D eigenvalue weighted by atomic mass is 10.2. The Labute approximate surface area is 87.3 Å². The molecule has 0 heterocycles. The van der Waals surface area contributed by atoms with Crippen LogP contribution in [0.5, 0.6) is 0 Å². The first kappa shape index (κ1) is 13.2. The molecule has 2 nitrogen and oxygen atoms in total. The molecule has 0 aromatic carbocycles. The third-order valence-electron chi connectivity index (χ3n) is 1.95. The number of ether oxygens (including phenoxy) is 1. The monoisotopic (exact) mass is 198 g/mol. The van der Waals surface area contributed by atoms with Crippen molar-refractivity contribution in [2.75, 3.05) is 6.61 Å². The van der Waals surface area contributed by atoms with Gasteiger partial charge >= 0.3 is 5.97 Å². The zero-order chi connectivity index (χ0) is 10.6. The Bertz CT molecular complexity index is 162. The maximum Gasteiger partial charge on any atom is 0.306 e. The summed E-state index contributed by atoms with van der Waals surface area (Å²) in [6, 6.07) is 0. The molecule has 82 valence electrons. The number of carbonyl (C=O) groups is 1. The quantitative estimate of drug-likeness (QED) is 0.339. The van der Waals surface area contributed by atoms with Crippen molar-refractivity contribution in [1.29, 1.82) is 0 Å². The van der Waals surface area contributed by atoms with Gasteiger partial charge in [0.1, 0.15) is 6.61 Å². The minimum atomic E-state index is -0.0698. The van der Waals surface area contributed by atoms with Gasteiger partial charge in [-0.2, -0.15) is 0 Å². The van der Waals surface area contributed by atoms with Crippen LogP contribution in [0.1, 0.15) is 52.4 Å². The van der Waals surface area contributed by atoms with E-state index < -0.39 is 0 Å². The van der Waals surface area contributed by atoms with Gasteiger partial charge in [-0.25, -0.2) is 0 Å². The molecule has 0 aliphatic rings. The molecule has 0 aromatic rings. The molecule has 0 saturated carbocycles. The van der Waals surface area contributed by atoms with Gasteiger partial charge in [-0.1, -0.05) is 45.3 Å². The summed E-state index contributed by atoms with van der Waals surface area (Å²) in [6.45, 7) is 4.69. The summed E-state index contributed by atoms with van der Waals surface area (Å²) >= 11 is 0. The van der Waals surface area contributed by atoms with Crippen LogP contribution in [-0.4, -0.2) is 12.6 Å². The van der Waals surface area contributed by atoms with E-state index in [4.69, 9.17) is 4.74 Å². The Hall–Kier alpha value is -0.790. The van der Waals surface area contributed by atoms with E-state index in [0.29, 0.717) is 13.0 Å². The first-order valence-corrected chi connectivity index (χ1v) is 5.61. The van der Waals surface area contributed by atoms with Crippen LogP contribution in [0.2, 0.25) is 0 Å². The van der Waals surface area contributed by atoms with Gasteiger partial charge in [-0.05, 0) is 12.8 Å². The summed E-state index contributed by atoms with van der Waals surface area (Å²) in [4.78, 5) is 11.1. The SMILES string of the molecule is CCC/C=C\COC(=O)CCCCC. The van der Waals surface area contributed by atoms with Crippen molar-refractivity contribution in [3.63, 3.8) is 0 Å². The summed E-state index contributed by atoms with van der Waals surface area (Å²) in [7, 11) is 0. The zero-order valence-electron chi connectivity index (χ0n) is 9.42. The topological polar surface area (TPSA) is 26.3 Å². The van der Waals surface area contributed by atoms with Gasteiger partial charge in [0.2, 0.25) is 0 Å². The second-order valence-corrected chi connectivity index (χ2v) is 3.40. The van der Waals surface area contributed by atoms with Crippen molar-refractivity contribution >= 4 is 5.97 Å². The average molecular weight is 198 g/mol. The number of hydrogen-bond acceptors (Lipinski definition) is 2. The predicted molar refractivity (Wildman–Crippen MR) is 59.1 cm³/mol. The summed E-state index contributed by atoms with van der Waals surface area (Å²) < 4.78 is 5.01. The molecule has 0 aliphatic heterocycles. The lowest BCUT2D eigenvalue weighted by Crippen LogP contribution is -2.03. The molecule has 0 aliphatic carbocycles. The van der Waals surface area contributed by atoms with Gasteiger partial charge < -0.3 is 4.74 Å². The Kier molecular flexibility index (Phi) is 9.71. The highest BCUT2D eigenvalue weighted by Gasteiger charge is 1.99. The van der Waals surface area contributed by atoms with Crippen LogP contribution in [0.3, 0.4) is 0 Å². The normalized spacial score (nSPS) is 10.7. The number of carbonyl (C=O) groups excluding carboxylic acids is 1.